The van der Waals surface area contributed by atoms with Gasteiger partial charge in [-0.2, -0.15) is 0 Å². The summed E-state index contributed by atoms with van der Waals surface area (Å²) in [6.07, 6.45) is 0. The largest absolute Gasteiger partial charge is 0.464 e. The van der Waals surface area contributed by atoms with E-state index in [0.29, 0.717) is 16.7 Å². The number of aromatic nitrogens is 1. The molecule has 72 valence electrons. The maximum absolute atomic E-state index is 11.2. The number of rotatable bonds is 1. The zero-order valence-electron chi connectivity index (χ0n) is 7.48. The summed E-state index contributed by atoms with van der Waals surface area (Å²) >= 11 is 0. The summed E-state index contributed by atoms with van der Waals surface area (Å²) in [5.74, 6) is -0.533. The predicted octanol–water partition coefficient (Wildman–Crippen LogP) is 1.20. The fourth-order valence-electron chi connectivity index (χ4n) is 1.20. The van der Waals surface area contributed by atoms with Crippen LogP contribution in [-0.4, -0.2) is 18.2 Å². The Balaban J connectivity index is 2.67. The van der Waals surface area contributed by atoms with Crippen molar-refractivity contribution in [1.82, 2.24) is 5.16 Å². The van der Waals surface area contributed by atoms with Crippen LogP contribution >= 0.6 is 0 Å². The first-order valence-electron chi connectivity index (χ1n) is 3.95. The Morgan fingerprint density at radius 1 is 1.57 bits per heavy atom. The lowest BCUT2D eigenvalue weighted by molar-refractivity contribution is 0.0591. The summed E-state index contributed by atoms with van der Waals surface area (Å²) in [6, 6.07) is 4.96. The van der Waals surface area contributed by atoms with Gasteiger partial charge in [0.2, 0.25) is 0 Å². The minimum atomic E-state index is -0.533. The second-order valence-electron chi connectivity index (χ2n) is 2.78. The van der Waals surface area contributed by atoms with E-state index in [1.807, 2.05) is 0 Å². The highest BCUT2D eigenvalue weighted by Crippen LogP contribution is 2.21. The topological polar surface area (TPSA) is 78.3 Å². The Morgan fingerprint density at radius 2 is 2.36 bits per heavy atom. The van der Waals surface area contributed by atoms with Gasteiger partial charge in [-0.1, -0.05) is 5.16 Å². The zero-order valence-corrected chi connectivity index (χ0v) is 7.48. The van der Waals surface area contributed by atoms with Gasteiger partial charge in [0, 0.05) is 5.69 Å². The standard InChI is InChI=1S/C9H8N2O3/c1-13-9(12)8-6-4-5(10)2-3-7(6)14-11-8/h2-4H,10H2,1H3. The molecule has 0 fully saturated rings. The van der Waals surface area contributed by atoms with Crippen molar-refractivity contribution in [2.24, 2.45) is 0 Å². The molecule has 0 spiro atoms. The summed E-state index contributed by atoms with van der Waals surface area (Å²) in [6.45, 7) is 0. The molecule has 1 aromatic carbocycles. The van der Waals surface area contributed by atoms with Gasteiger partial charge in [-0.3, -0.25) is 0 Å². The zero-order chi connectivity index (χ0) is 10.1. The van der Waals surface area contributed by atoms with Gasteiger partial charge in [0.05, 0.1) is 12.5 Å². The average molecular weight is 192 g/mol. The van der Waals surface area contributed by atoms with Crippen LogP contribution in [0.25, 0.3) is 11.0 Å². The number of nitrogens with two attached hydrogens (primary N) is 1. The molecule has 2 aromatic rings. The molecule has 0 aliphatic carbocycles. The van der Waals surface area contributed by atoms with Gasteiger partial charge in [-0.15, -0.1) is 0 Å². The SMILES string of the molecule is COC(=O)c1noc2ccc(N)cc12. The molecule has 0 radical (unpaired) electrons. The van der Waals surface area contributed by atoms with Gasteiger partial charge in [0.15, 0.2) is 11.3 Å². The maximum Gasteiger partial charge on any atom is 0.360 e. The van der Waals surface area contributed by atoms with Crippen molar-refractivity contribution in [2.45, 2.75) is 0 Å². The Kier molecular flexibility index (Phi) is 1.85. The molecule has 0 atom stereocenters. The molecule has 1 heterocycles. The average Bonchev–Trinajstić information content (AvgIpc) is 2.59. The Bertz CT molecular complexity index is 490. The smallest absolute Gasteiger partial charge is 0.360 e. The quantitative estimate of drug-likeness (QED) is 0.542. The van der Waals surface area contributed by atoms with Crippen LogP contribution in [-0.2, 0) is 4.74 Å². The highest BCUT2D eigenvalue weighted by molar-refractivity contribution is 6.01. The number of ether oxygens (including phenoxy) is 1. The van der Waals surface area contributed by atoms with Gasteiger partial charge in [-0.05, 0) is 18.2 Å². The van der Waals surface area contributed by atoms with Gasteiger partial charge in [0.1, 0.15) is 0 Å². The van der Waals surface area contributed by atoms with E-state index in [9.17, 15) is 4.79 Å². The molecule has 2 rings (SSSR count). The van der Waals surface area contributed by atoms with E-state index in [-0.39, 0.29) is 5.69 Å². The molecule has 0 bridgehead atoms. The van der Waals surface area contributed by atoms with E-state index < -0.39 is 5.97 Å². The second kappa shape index (κ2) is 3.02. The fraction of sp³-hybridized carbons (Fsp3) is 0.111. The van der Waals surface area contributed by atoms with E-state index in [1.54, 1.807) is 18.2 Å². The van der Waals surface area contributed by atoms with Crippen LogP contribution in [0.2, 0.25) is 0 Å². The third-order valence-corrected chi connectivity index (χ3v) is 1.87. The molecule has 0 saturated carbocycles. The van der Waals surface area contributed by atoms with Gasteiger partial charge < -0.3 is 15.0 Å². The molecule has 5 heteroatoms. The molecule has 1 aromatic heterocycles. The van der Waals surface area contributed by atoms with Crippen LogP contribution in [0.4, 0.5) is 5.69 Å². The molecule has 0 aliphatic rings. The highest BCUT2D eigenvalue weighted by atomic mass is 16.5. The van der Waals surface area contributed by atoms with Crippen molar-refractivity contribution < 1.29 is 14.1 Å². The first-order valence-corrected chi connectivity index (χ1v) is 3.95. The third-order valence-electron chi connectivity index (χ3n) is 1.87. The predicted molar refractivity (Wildman–Crippen MR) is 49.8 cm³/mol. The number of nitrogen functional groups attached to an aromatic ring is 1. The minimum absolute atomic E-state index is 0.148. The lowest BCUT2D eigenvalue weighted by Gasteiger charge is -1.94. The summed E-state index contributed by atoms with van der Waals surface area (Å²) in [5.41, 5.74) is 6.78. The molecule has 14 heavy (non-hydrogen) atoms. The molecule has 2 N–H and O–H groups in total. The third kappa shape index (κ3) is 1.19. The molecule has 5 nitrogen and oxygen atoms in total. The number of benzene rings is 1. The number of anilines is 1. The second-order valence-corrected chi connectivity index (χ2v) is 2.78. The lowest BCUT2D eigenvalue weighted by atomic mass is 10.2. The van der Waals surface area contributed by atoms with Gasteiger partial charge in [0.25, 0.3) is 0 Å². The van der Waals surface area contributed by atoms with Crippen molar-refractivity contribution in [1.29, 1.82) is 0 Å². The Labute approximate surface area is 79.4 Å². The van der Waals surface area contributed by atoms with E-state index in [1.165, 1.54) is 7.11 Å². The van der Waals surface area contributed by atoms with Crippen LogP contribution in [0.3, 0.4) is 0 Å². The van der Waals surface area contributed by atoms with Crippen LogP contribution in [0, 0.1) is 0 Å². The number of fused-ring (bicyclic) bond motifs is 1. The van der Waals surface area contributed by atoms with E-state index in [4.69, 9.17) is 10.3 Å². The number of hydrogen-bond acceptors (Lipinski definition) is 5. The van der Waals surface area contributed by atoms with Crippen molar-refractivity contribution >= 4 is 22.6 Å². The van der Waals surface area contributed by atoms with E-state index >= 15 is 0 Å². The number of esters is 1. The number of nitrogens with zero attached hydrogens (tertiary/aromatic N) is 1. The number of methoxy groups -OCH3 is 1. The molecule has 0 saturated heterocycles. The van der Waals surface area contributed by atoms with Gasteiger partial charge in [-0.25, -0.2) is 4.79 Å². The highest BCUT2D eigenvalue weighted by Gasteiger charge is 2.16. The Morgan fingerprint density at radius 3 is 3.07 bits per heavy atom. The minimum Gasteiger partial charge on any atom is -0.464 e. The Hall–Kier alpha value is -2.04. The normalized spacial score (nSPS) is 10.4. The van der Waals surface area contributed by atoms with Crippen molar-refractivity contribution in [3.8, 4) is 0 Å². The lowest BCUT2D eigenvalue weighted by Crippen LogP contribution is -2.01. The van der Waals surface area contributed by atoms with Crippen LogP contribution in [0.5, 0.6) is 0 Å². The van der Waals surface area contributed by atoms with Crippen LogP contribution in [0.1, 0.15) is 10.5 Å². The monoisotopic (exact) mass is 192 g/mol. The summed E-state index contributed by atoms with van der Waals surface area (Å²) in [4.78, 5) is 11.2. The van der Waals surface area contributed by atoms with Crippen molar-refractivity contribution in [3.63, 3.8) is 0 Å². The first-order chi connectivity index (χ1) is 6.72. The van der Waals surface area contributed by atoms with Crippen LogP contribution < -0.4 is 5.73 Å². The van der Waals surface area contributed by atoms with E-state index in [0.717, 1.165) is 0 Å². The number of hydrogen-bond donors (Lipinski definition) is 1. The molecular formula is C9H8N2O3. The van der Waals surface area contributed by atoms with E-state index in [2.05, 4.69) is 9.89 Å². The molecule has 0 aliphatic heterocycles. The fourth-order valence-corrected chi connectivity index (χ4v) is 1.20. The first kappa shape index (κ1) is 8.55. The summed E-state index contributed by atoms with van der Waals surface area (Å²) in [7, 11) is 1.29. The summed E-state index contributed by atoms with van der Waals surface area (Å²) in [5, 5.41) is 4.17. The van der Waals surface area contributed by atoms with Crippen LogP contribution in [0.15, 0.2) is 22.7 Å². The molecular weight excluding hydrogens is 184 g/mol. The number of carbonyl (C=O) groups is 1. The van der Waals surface area contributed by atoms with Crippen molar-refractivity contribution in [2.75, 3.05) is 12.8 Å². The number of carbonyl (C=O) groups excluding carboxylic acids is 1. The summed E-state index contributed by atoms with van der Waals surface area (Å²) < 4.78 is 9.46. The molecule has 0 unspecified atom stereocenters. The van der Waals surface area contributed by atoms with Gasteiger partial charge >= 0.3 is 5.97 Å². The molecule has 0 amide bonds. The maximum atomic E-state index is 11.2. The van der Waals surface area contributed by atoms with Crippen molar-refractivity contribution in [3.05, 3.63) is 23.9 Å².